The summed E-state index contributed by atoms with van der Waals surface area (Å²) >= 11 is 11.9. The van der Waals surface area contributed by atoms with E-state index in [2.05, 4.69) is 10.4 Å². The number of amides is 1. The Morgan fingerprint density at radius 1 is 1.21 bits per heavy atom. The van der Waals surface area contributed by atoms with E-state index in [0.29, 0.717) is 22.3 Å². The topological polar surface area (TPSA) is 46.9 Å². The maximum atomic E-state index is 13.2. The van der Waals surface area contributed by atoms with Crippen LogP contribution in [-0.2, 0) is 6.54 Å². The second-order valence-electron chi connectivity index (χ2n) is 5.13. The molecule has 2 aromatic carbocycles. The summed E-state index contributed by atoms with van der Waals surface area (Å²) in [6.07, 6.45) is 3.16. The standard InChI is InChI=1S/C17H12Cl2FN3O/c18-12-4-5-16(19)15(7-12)17(24)22-14-8-21-23(10-14)9-11-2-1-3-13(20)6-11/h1-8,10H,9H2,(H,22,24). The zero-order valence-corrected chi connectivity index (χ0v) is 13.9. The fourth-order valence-electron chi connectivity index (χ4n) is 2.21. The van der Waals surface area contributed by atoms with E-state index in [4.69, 9.17) is 23.2 Å². The van der Waals surface area contributed by atoms with E-state index in [0.717, 1.165) is 5.56 Å². The van der Waals surface area contributed by atoms with Gasteiger partial charge in [-0.1, -0.05) is 35.3 Å². The van der Waals surface area contributed by atoms with Crippen LogP contribution in [0.4, 0.5) is 10.1 Å². The van der Waals surface area contributed by atoms with Gasteiger partial charge in [-0.25, -0.2) is 4.39 Å². The van der Waals surface area contributed by atoms with Crippen molar-refractivity contribution >= 4 is 34.8 Å². The van der Waals surface area contributed by atoms with Crippen molar-refractivity contribution in [2.45, 2.75) is 6.54 Å². The molecule has 0 radical (unpaired) electrons. The zero-order valence-electron chi connectivity index (χ0n) is 12.3. The third-order valence-corrected chi connectivity index (χ3v) is 3.86. The van der Waals surface area contributed by atoms with Gasteiger partial charge in [-0.05, 0) is 35.9 Å². The molecule has 1 heterocycles. The summed E-state index contributed by atoms with van der Waals surface area (Å²) < 4.78 is 14.8. The average molecular weight is 364 g/mol. The number of nitrogens with one attached hydrogen (secondary N) is 1. The molecule has 0 aliphatic heterocycles. The van der Waals surface area contributed by atoms with Crippen LogP contribution in [0.25, 0.3) is 0 Å². The summed E-state index contributed by atoms with van der Waals surface area (Å²) in [6, 6.07) is 10.9. The summed E-state index contributed by atoms with van der Waals surface area (Å²) in [7, 11) is 0. The van der Waals surface area contributed by atoms with Crippen molar-refractivity contribution in [3.05, 3.63) is 81.8 Å². The molecule has 1 amide bonds. The summed E-state index contributed by atoms with van der Waals surface area (Å²) in [5, 5.41) is 7.58. The third-order valence-electron chi connectivity index (χ3n) is 3.30. The molecule has 0 spiro atoms. The van der Waals surface area contributed by atoms with Crippen LogP contribution >= 0.6 is 23.2 Å². The van der Waals surface area contributed by atoms with Crippen molar-refractivity contribution in [3.63, 3.8) is 0 Å². The van der Waals surface area contributed by atoms with E-state index in [1.807, 2.05) is 0 Å². The van der Waals surface area contributed by atoms with Crippen LogP contribution in [0, 0.1) is 5.82 Å². The van der Waals surface area contributed by atoms with E-state index in [1.165, 1.54) is 24.4 Å². The van der Waals surface area contributed by atoms with Crippen molar-refractivity contribution in [2.24, 2.45) is 0 Å². The Morgan fingerprint density at radius 3 is 2.83 bits per heavy atom. The predicted octanol–water partition coefficient (Wildman–Crippen LogP) is 4.63. The lowest BCUT2D eigenvalue weighted by atomic mass is 10.2. The second kappa shape index (κ2) is 7.03. The first kappa shape index (κ1) is 16.5. The first-order valence-electron chi connectivity index (χ1n) is 7.04. The van der Waals surface area contributed by atoms with Crippen molar-refractivity contribution in [1.82, 2.24) is 9.78 Å². The van der Waals surface area contributed by atoms with Crippen molar-refractivity contribution in [1.29, 1.82) is 0 Å². The smallest absolute Gasteiger partial charge is 0.257 e. The van der Waals surface area contributed by atoms with E-state index in [9.17, 15) is 9.18 Å². The van der Waals surface area contributed by atoms with Gasteiger partial charge in [0, 0.05) is 11.2 Å². The first-order chi connectivity index (χ1) is 11.5. The fraction of sp³-hybridized carbons (Fsp3) is 0.0588. The Kier molecular flexibility index (Phi) is 4.83. The molecule has 0 unspecified atom stereocenters. The number of aromatic nitrogens is 2. The SMILES string of the molecule is O=C(Nc1cnn(Cc2cccc(F)c2)c1)c1cc(Cl)ccc1Cl. The number of nitrogens with zero attached hydrogens (tertiary/aromatic N) is 2. The van der Waals surface area contributed by atoms with Crippen LogP contribution < -0.4 is 5.32 Å². The minimum absolute atomic E-state index is 0.280. The third kappa shape index (κ3) is 3.93. The Balaban J connectivity index is 1.72. The molecule has 0 saturated heterocycles. The van der Waals surface area contributed by atoms with Crippen LogP contribution in [0.5, 0.6) is 0 Å². The second-order valence-corrected chi connectivity index (χ2v) is 5.98. The lowest BCUT2D eigenvalue weighted by molar-refractivity contribution is 0.102. The van der Waals surface area contributed by atoms with Crippen LogP contribution in [0.3, 0.4) is 0 Å². The lowest BCUT2D eigenvalue weighted by Gasteiger charge is -2.05. The van der Waals surface area contributed by atoms with E-state index < -0.39 is 0 Å². The van der Waals surface area contributed by atoms with Gasteiger partial charge in [-0.2, -0.15) is 5.10 Å². The maximum absolute atomic E-state index is 13.2. The molecule has 0 aliphatic carbocycles. The average Bonchev–Trinajstić information content (AvgIpc) is 2.96. The van der Waals surface area contributed by atoms with Crippen molar-refractivity contribution in [3.8, 4) is 0 Å². The first-order valence-corrected chi connectivity index (χ1v) is 7.80. The van der Waals surface area contributed by atoms with Gasteiger partial charge in [0.25, 0.3) is 5.91 Å². The molecule has 3 rings (SSSR count). The molecule has 0 saturated carbocycles. The highest BCUT2D eigenvalue weighted by molar-refractivity contribution is 6.36. The number of anilines is 1. The van der Waals surface area contributed by atoms with Gasteiger partial charge in [0.1, 0.15) is 5.82 Å². The minimum atomic E-state index is -0.382. The molecule has 3 aromatic rings. The molecule has 0 fully saturated rings. The summed E-state index contributed by atoms with van der Waals surface area (Å²) in [6.45, 7) is 0.394. The number of carbonyl (C=O) groups is 1. The van der Waals surface area contributed by atoms with Gasteiger partial charge >= 0.3 is 0 Å². The van der Waals surface area contributed by atoms with E-state index >= 15 is 0 Å². The molecule has 0 atom stereocenters. The molecule has 7 heteroatoms. The molecular weight excluding hydrogens is 352 g/mol. The molecule has 24 heavy (non-hydrogen) atoms. The molecule has 1 aromatic heterocycles. The highest BCUT2D eigenvalue weighted by Gasteiger charge is 2.12. The van der Waals surface area contributed by atoms with E-state index in [-0.39, 0.29) is 17.3 Å². The summed E-state index contributed by atoms with van der Waals surface area (Å²) in [5.41, 5.74) is 1.56. The molecular formula is C17H12Cl2FN3O. The monoisotopic (exact) mass is 363 g/mol. The van der Waals surface area contributed by atoms with Crippen molar-refractivity contribution in [2.75, 3.05) is 5.32 Å². The van der Waals surface area contributed by atoms with Gasteiger partial charge in [0.15, 0.2) is 0 Å². The van der Waals surface area contributed by atoms with Crippen LogP contribution in [-0.4, -0.2) is 15.7 Å². The normalized spacial score (nSPS) is 10.6. The zero-order chi connectivity index (χ0) is 17.1. The van der Waals surface area contributed by atoms with E-state index in [1.54, 1.807) is 35.1 Å². The number of hydrogen-bond acceptors (Lipinski definition) is 2. The quantitative estimate of drug-likeness (QED) is 0.734. The number of benzene rings is 2. The minimum Gasteiger partial charge on any atom is -0.319 e. The van der Waals surface area contributed by atoms with Gasteiger partial charge in [0.2, 0.25) is 0 Å². The van der Waals surface area contributed by atoms with Gasteiger partial charge < -0.3 is 5.32 Å². The Hall–Kier alpha value is -2.37. The van der Waals surface area contributed by atoms with Crippen molar-refractivity contribution < 1.29 is 9.18 Å². The molecule has 122 valence electrons. The predicted molar refractivity (Wildman–Crippen MR) is 92.1 cm³/mol. The maximum Gasteiger partial charge on any atom is 0.257 e. The highest BCUT2D eigenvalue weighted by atomic mass is 35.5. The molecule has 1 N–H and O–H groups in total. The van der Waals surface area contributed by atoms with Crippen LogP contribution in [0.1, 0.15) is 15.9 Å². The van der Waals surface area contributed by atoms with Gasteiger partial charge in [-0.15, -0.1) is 0 Å². The van der Waals surface area contributed by atoms with Gasteiger partial charge in [-0.3, -0.25) is 9.48 Å². The Bertz CT molecular complexity index is 895. The molecule has 4 nitrogen and oxygen atoms in total. The lowest BCUT2D eigenvalue weighted by Crippen LogP contribution is -2.12. The van der Waals surface area contributed by atoms with Crippen LogP contribution in [0.15, 0.2) is 54.9 Å². The summed E-state index contributed by atoms with van der Waals surface area (Å²) in [5.74, 6) is -0.684. The Morgan fingerprint density at radius 2 is 2.04 bits per heavy atom. The number of halogens is 3. The number of hydrogen-bond donors (Lipinski definition) is 1. The largest absolute Gasteiger partial charge is 0.319 e. The highest BCUT2D eigenvalue weighted by Crippen LogP contribution is 2.21. The molecule has 0 bridgehead atoms. The molecule has 0 aliphatic rings. The fourth-order valence-corrected chi connectivity index (χ4v) is 2.58. The van der Waals surface area contributed by atoms with Gasteiger partial charge in [0.05, 0.1) is 29.0 Å². The number of carbonyl (C=O) groups excluding carboxylic acids is 1. The number of rotatable bonds is 4. The van der Waals surface area contributed by atoms with Crippen LogP contribution in [0.2, 0.25) is 10.0 Å². The summed E-state index contributed by atoms with van der Waals surface area (Å²) in [4.78, 5) is 12.3. The Labute approximate surface area is 147 Å².